The molecule has 0 spiro atoms. The zero-order chi connectivity index (χ0) is 14.5. The first-order valence-corrected chi connectivity index (χ1v) is 6.95. The number of rotatable bonds is 4. The predicted molar refractivity (Wildman–Crippen MR) is 87.5 cm³/mol. The number of benzene rings is 3. The van der Waals surface area contributed by atoms with Crippen LogP contribution < -0.4 is 9.64 Å². The van der Waals surface area contributed by atoms with Crippen LogP contribution in [-0.2, 0) is 0 Å². The van der Waals surface area contributed by atoms with Gasteiger partial charge in [0.1, 0.15) is 5.75 Å². The molecule has 0 saturated heterocycles. The molecule has 0 fully saturated rings. The smallest absolute Gasteiger partial charge is 0.151 e. The molecule has 0 aromatic heterocycles. The predicted octanol–water partition coefficient (Wildman–Crippen LogP) is 5.25. The Morgan fingerprint density at radius 2 is 1.24 bits per heavy atom. The summed E-state index contributed by atoms with van der Waals surface area (Å²) in [5.41, 5.74) is 2.16. The Balaban J connectivity index is 1.93. The highest BCUT2D eigenvalue weighted by atomic mass is 16.5. The molecule has 0 atom stereocenters. The first-order valence-electron chi connectivity index (χ1n) is 6.95. The van der Waals surface area contributed by atoms with Gasteiger partial charge >= 0.3 is 0 Å². The molecule has 0 N–H and O–H groups in total. The van der Waals surface area contributed by atoms with Crippen molar-refractivity contribution in [1.82, 2.24) is 0 Å². The summed E-state index contributed by atoms with van der Waals surface area (Å²) in [6, 6.07) is 28.1. The SMILES string of the molecule is CN(c1ccccc1)c1ccccc1Oc1ccccc1. The minimum absolute atomic E-state index is 0.839. The van der Waals surface area contributed by atoms with Crippen LogP contribution in [0.15, 0.2) is 84.9 Å². The molecule has 0 heterocycles. The Kier molecular flexibility index (Phi) is 3.88. The van der Waals surface area contributed by atoms with Crippen molar-refractivity contribution < 1.29 is 4.74 Å². The molecule has 3 rings (SSSR count). The van der Waals surface area contributed by atoms with Gasteiger partial charge in [-0.3, -0.25) is 0 Å². The number of hydrogen-bond acceptors (Lipinski definition) is 2. The third-order valence-corrected chi connectivity index (χ3v) is 3.34. The lowest BCUT2D eigenvalue weighted by Gasteiger charge is -2.22. The van der Waals surface area contributed by atoms with Gasteiger partial charge in [0.2, 0.25) is 0 Å². The monoisotopic (exact) mass is 275 g/mol. The van der Waals surface area contributed by atoms with Crippen LogP contribution in [0.3, 0.4) is 0 Å². The van der Waals surface area contributed by atoms with Gasteiger partial charge in [-0.1, -0.05) is 48.5 Å². The van der Waals surface area contributed by atoms with E-state index < -0.39 is 0 Å². The normalized spacial score (nSPS) is 10.1. The van der Waals surface area contributed by atoms with Crippen LogP contribution in [0.5, 0.6) is 11.5 Å². The zero-order valence-electron chi connectivity index (χ0n) is 11.9. The van der Waals surface area contributed by atoms with E-state index in [0.717, 1.165) is 22.9 Å². The fourth-order valence-corrected chi connectivity index (χ4v) is 2.23. The van der Waals surface area contributed by atoms with Gasteiger partial charge in [-0.15, -0.1) is 0 Å². The maximum absolute atomic E-state index is 6.01. The quantitative estimate of drug-likeness (QED) is 0.645. The summed E-state index contributed by atoms with van der Waals surface area (Å²) >= 11 is 0. The van der Waals surface area contributed by atoms with Gasteiger partial charge in [-0.05, 0) is 36.4 Å². The summed E-state index contributed by atoms with van der Waals surface area (Å²) in [5, 5.41) is 0. The maximum atomic E-state index is 6.01. The first kappa shape index (κ1) is 13.3. The standard InChI is InChI=1S/C19H17NO/c1-20(16-10-4-2-5-11-16)18-14-8-9-15-19(18)21-17-12-6-3-7-13-17/h2-15H,1H3. The summed E-state index contributed by atoms with van der Waals surface area (Å²) < 4.78 is 6.01. The molecule has 0 unspecified atom stereocenters. The Bertz CT molecular complexity index is 695. The molecule has 21 heavy (non-hydrogen) atoms. The van der Waals surface area contributed by atoms with E-state index in [1.165, 1.54) is 0 Å². The molecule has 0 aliphatic carbocycles. The average molecular weight is 275 g/mol. The fraction of sp³-hybridized carbons (Fsp3) is 0.0526. The van der Waals surface area contributed by atoms with Crippen LogP contribution in [0.1, 0.15) is 0 Å². The van der Waals surface area contributed by atoms with E-state index in [4.69, 9.17) is 4.74 Å². The third-order valence-electron chi connectivity index (χ3n) is 3.34. The van der Waals surface area contributed by atoms with Crippen LogP contribution in [0, 0.1) is 0 Å². The Hall–Kier alpha value is -2.74. The second-order valence-corrected chi connectivity index (χ2v) is 4.78. The number of ether oxygens (including phenoxy) is 1. The topological polar surface area (TPSA) is 12.5 Å². The molecule has 104 valence electrons. The molecule has 2 nitrogen and oxygen atoms in total. The summed E-state index contributed by atoms with van der Waals surface area (Å²) in [7, 11) is 2.04. The molecule has 0 saturated carbocycles. The second kappa shape index (κ2) is 6.14. The van der Waals surface area contributed by atoms with Crippen molar-refractivity contribution in [1.29, 1.82) is 0 Å². The maximum Gasteiger partial charge on any atom is 0.151 e. The molecular formula is C19H17NO. The van der Waals surface area contributed by atoms with Crippen LogP contribution in [0.25, 0.3) is 0 Å². The van der Waals surface area contributed by atoms with E-state index in [9.17, 15) is 0 Å². The fourth-order valence-electron chi connectivity index (χ4n) is 2.23. The molecule has 0 amide bonds. The van der Waals surface area contributed by atoms with Gasteiger partial charge in [-0.2, -0.15) is 0 Å². The van der Waals surface area contributed by atoms with Crippen molar-refractivity contribution in [3.8, 4) is 11.5 Å². The highest BCUT2D eigenvalue weighted by Crippen LogP contribution is 2.34. The van der Waals surface area contributed by atoms with E-state index in [2.05, 4.69) is 23.1 Å². The summed E-state index contributed by atoms with van der Waals surface area (Å²) in [4.78, 5) is 2.12. The van der Waals surface area contributed by atoms with Crippen molar-refractivity contribution in [3.05, 3.63) is 84.9 Å². The van der Waals surface area contributed by atoms with E-state index in [1.807, 2.05) is 73.8 Å². The highest BCUT2D eigenvalue weighted by Gasteiger charge is 2.10. The number of anilines is 2. The molecule has 0 aliphatic heterocycles. The second-order valence-electron chi connectivity index (χ2n) is 4.78. The van der Waals surface area contributed by atoms with Crippen LogP contribution in [0.4, 0.5) is 11.4 Å². The third kappa shape index (κ3) is 3.06. The lowest BCUT2D eigenvalue weighted by Crippen LogP contribution is -2.10. The van der Waals surface area contributed by atoms with Crippen LogP contribution in [-0.4, -0.2) is 7.05 Å². The average Bonchev–Trinajstić information content (AvgIpc) is 2.56. The molecule has 3 aromatic carbocycles. The van der Waals surface area contributed by atoms with Gasteiger partial charge in [0, 0.05) is 12.7 Å². The summed E-state index contributed by atoms with van der Waals surface area (Å²) in [6.07, 6.45) is 0. The number of para-hydroxylation sites is 4. The Labute approximate surface area is 125 Å². The van der Waals surface area contributed by atoms with Gasteiger partial charge in [0.05, 0.1) is 5.69 Å². The zero-order valence-corrected chi connectivity index (χ0v) is 11.9. The highest BCUT2D eigenvalue weighted by molar-refractivity contribution is 5.68. The van der Waals surface area contributed by atoms with Gasteiger partial charge in [-0.25, -0.2) is 0 Å². The van der Waals surface area contributed by atoms with Crippen molar-refractivity contribution >= 4 is 11.4 Å². The molecule has 0 aliphatic rings. The van der Waals surface area contributed by atoms with Crippen LogP contribution in [0.2, 0.25) is 0 Å². The van der Waals surface area contributed by atoms with Gasteiger partial charge in [0.15, 0.2) is 5.75 Å². The minimum atomic E-state index is 0.839. The molecule has 0 bridgehead atoms. The Morgan fingerprint density at radius 1 is 0.667 bits per heavy atom. The minimum Gasteiger partial charge on any atom is -0.455 e. The van der Waals surface area contributed by atoms with Crippen LogP contribution >= 0.6 is 0 Å². The lowest BCUT2D eigenvalue weighted by molar-refractivity contribution is 0.483. The van der Waals surface area contributed by atoms with E-state index in [1.54, 1.807) is 0 Å². The summed E-state index contributed by atoms with van der Waals surface area (Å²) in [6.45, 7) is 0. The van der Waals surface area contributed by atoms with E-state index >= 15 is 0 Å². The van der Waals surface area contributed by atoms with E-state index in [-0.39, 0.29) is 0 Å². The lowest BCUT2D eigenvalue weighted by atomic mass is 10.2. The summed E-state index contributed by atoms with van der Waals surface area (Å²) in [5.74, 6) is 1.68. The number of hydrogen-bond donors (Lipinski definition) is 0. The first-order chi connectivity index (χ1) is 10.3. The van der Waals surface area contributed by atoms with Gasteiger partial charge < -0.3 is 9.64 Å². The van der Waals surface area contributed by atoms with Crippen molar-refractivity contribution in [3.63, 3.8) is 0 Å². The molecule has 3 aromatic rings. The van der Waals surface area contributed by atoms with E-state index in [0.29, 0.717) is 0 Å². The molecule has 2 heteroatoms. The molecule has 0 radical (unpaired) electrons. The van der Waals surface area contributed by atoms with Gasteiger partial charge in [0.25, 0.3) is 0 Å². The Morgan fingerprint density at radius 3 is 1.95 bits per heavy atom. The van der Waals surface area contributed by atoms with Crippen molar-refractivity contribution in [2.75, 3.05) is 11.9 Å². The number of nitrogens with zero attached hydrogens (tertiary/aromatic N) is 1. The van der Waals surface area contributed by atoms with Crippen molar-refractivity contribution in [2.45, 2.75) is 0 Å². The van der Waals surface area contributed by atoms with Crippen molar-refractivity contribution in [2.24, 2.45) is 0 Å². The molecular weight excluding hydrogens is 258 g/mol. The largest absolute Gasteiger partial charge is 0.455 e.